The van der Waals surface area contributed by atoms with Gasteiger partial charge >= 0.3 is 0 Å². The van der Waals surface area contributed by atoms with E-state index in [9.17, 15) is 13.2 Å². The summed E-state index contributed by atoms with van der Waals surface area (Å²) in [6.07, 6.45) is 0.462. The topological polar surface area (TPSA) is 92.5 Å². The first-order chi connectivity index (χ1) is 9.31. The van der Waals surface area contributed by atoms with Gasteiger partial charge in [0.05, 0.1) is 4.90 Å². The van der Waals surface area contributed by atoms with Gasteiger partial charge in [0.2, 0.25) is 15.9 Å². The highest BCUT2D eigenvalue weighted by Crippen LogP contribution is 2.15. The minimum absolute atomic E-state index is 0.0464. The maximum Gasteiger partial charge on any atom is 0.241 e. The Morgan fingerprint density at radius 2 is 2.20 bits per heavy atom. The number of rotatable bonds is 4. The average molecular weight is 313 g/mol. The zero-order valence-corrected chi connectivity index (χ0v) is 12.5. The van der Waals surface area contributed by atoms with Crippen LogP contribution in [0.25, 0.3) is 0 Å². The second-order valence-corrected chi connectivity index (χ2v) is 6.77. The van der Waals surface area contributed by atoms with Gasteiger partial charge < -0.3 is 10.6 Å². The largest absolute Gasteiger partial charge is 0.389 e. The first-order valence-corrected chi connectivity index (χ1v) is 7.87. The van der Waals surface area contributed by atoms with Gasteiger partial charge in [-0.05, 0) is 18.6 Å². The molecule has 6 nitrogen and oxygen atoms in total. The summed E-state index contributed by atoms with van der Waals surface area (Å²) < 4.78 is 26.9. The number of carbonyl (C=O) groups excluding carboxylic acids is 1. The predicted molar refractivity (Wildman–Crippen MR) is 78.7 cm³/mol. The molecule has 1 heterocycles. The van der Waals surface area contributed by atoms with Crippen molar-refractivity contribution in [2.24, 2.45) is 5.73 Å². The van der Waals surface area contributed by atoms with Crippen molar-refractivity contribution in [3.8, 4) is 0 Å². The third-order valence-electron chi connectivity index (χ3n) is 3.15. The maximum absolute atomic E-state index is 12.2. The summed E-state index contributed by atoms with van der Waals surface area (Å²) >= 11 is 4.82. The van der Waals surface area contributed by atoms with Crippen molar-refractivity contribution in [3.63, 3.8) is 0 Å². The van der Waals surface area contributed by atoms with E-state index in [4.69, 9.17) is 18.0 Å². The van der Waals surface area contributed by atoms with Gasteiger partial charge in [0.1, 0.15) is 11.0 Å². The highest BCUT2D eigenvalue weighted by Gasteiger charge is 2.32. The molecule has 1 saturated heterocycles. The molecule has 1 aliphatic heterocycles. The molecule has 1 amide bonds. The van der Waals surface area contributed by atoms with Crippen LogP contribution in [0, 0.1) is 0 Å². The van der Waals surface area contributed by atoms with Crippen LogP contribution in [0.1, 0.15) is 12.0 Å². The Balaban J connectivity index is 2.25. The van der Waals surface area contributed by atoms with E-state index < -0.39 is 16.1 Å². The molecule has 0 spiro atoms. The Hall–Kier alpha value is -1.51. The van der Waals surface area contributed by atoms with E-state index in [0.29, 0.717) is 18.5 Å². The normalized spacial score (nSPS) is 19.4. The Bertz CT molecular complexity index is 658. The molecule has 0 radical (unpaired) electrons. The van der Waals surface area contributed by atoms with Gasteiger partial charge in [0, 0.05) is 19.2 Å². The van der Waals surface area contributed by atoms with Gasteiger partial charge in [-0.3, -0.25) is 4.79 Å². The van der Waals surface area contributed by atoms with E-state index in [2.05, 4.69) is 4.72 Å². The summed E-state index contributed by atoms with van der Waals surface area (Å²) in [7, 11) is -2.13. The third-order valence-corrected chi connectivity index (χ3v) is 4.86. The number of likely N-dealkylation sites (tertiary alicyclic amines) is 1. The van der Waals surface area contributed by atoms with Crippen LogP contribution in [0.5, 0.6) is 0 Å². The van der Waals surface area contributed by atoms with Crippen molar-refractivity contribution >= 4 is 33.1 Å². The lowest BCUT2D eigenvalue weighted by molar-refractivity contribution is -0.127. The van der Waals surface area contributed by atoms with Crippen LogP contribution in [-0.2, 0) is 14.8 Å². The van der Waals surface area contributed by atoms with Gasteiger partial charge in [0.15, 0.2) is 0 Å². The van der Waals surface area contributed by atoms with Gasteiger partial charge in [-0.1, -0.05) is 24.4 Å². The van der Waals surface area contributed by atoms with Gasteiger partial charge in [-0.15, -0.1) is 0 Å². The van der Waals surface area contributed by atoms with Crippen LogP contribution in [0.3, 0.4) is 0 Å². The van der Waals surface area contributed by atoms with Crippen LogP contribution >= 0.6 is 12.2 Å². The molecular weight excluding hydrogens is 298 g/mol. The number of hydrogen-bond acceptors (Lipinski definition) is 4. The molecule has 0 saturated carbocycles. The third kappa shape index (κ3) is 2.97. The quantitative estimate of drug-likeness (QED) is 0.753. The first kappa shape index (κ1) is 14.9. The number of nitrogens with zero attached hydrogens (tertiary/aromatic N) is 1. The molecule has 0 aliphatic carbocycles. The Kier molecular flexibility index (Phi) is 4.07. The Morgan fingerprint density at radius 1 is 1.50 bits per heavy atom. The molecule has 108 valence electrons. The SMILES string of the molecule is CN1CCC(NS(=O)(=O)c2cccc(C(N)=S)c2)C1=O. The van der Waals surface area contributed by atoms with Crippen molar-refractivity contribution in [3.05, 3.63) is 29.8 Å². The van der Waals surface area contributed by atoms with Crippen LogP contribution in [0.15, 0.2) is 29.2 Å². The highest BCUT2D eigenvalue weighted by molar-refractivity contribution is 7.89. The molecule has 1 aliphatic rings. The number of nitrogens with one attached hydrogen (secondary N) is 1. The molecule has 3 N–H and O–H groups in total. The second kappa shape index (κ2) is 5.47. The summed E-state index contributed by atoms with van der Waals surface area (Å²) in [5.41, 5.74) is 5.96. The standard InChI is InChI=1S/C12H15N3O3S2/c1-15-6-5-10(12(15)16)14-20(17,18)9-4-2-3-8(7-9)11(13)19/h2-4,7,10,14H,5-6H2,1H3,(H2,13,19). The van der Waals surface area contributed by atoms with E-state index >= 15 is 0 Å². The van der Waals surface area contributed by atoms with Crippen molar-refractivity contribution < 1.29 is 13.2 Å². The number of likely N-dealkylation sites (N-methyl/N-ethyl adjacent to an activating group) is 1. The number of benzene rings is 1. The van der Waals surface area contributed by atoms with Crippen LogP contribution < -0.4 is 10.5 Å². The van der Waals surface area contributed by atoms with Gasteiger partial charge in [-0.2, -0.15) is 4.72 Å². The maximum atomic E-state index is 12.2. The lowest BCUT2D eigenvalue weighted by atomic mass is 10.2. The summed E-state index contributed by atoms with van der Waals surface area (Å²) in [6, 6.07) is 5.32. The fraction of sp³-hybridized carbons (Fsp3) is 0.333. The number of nitrogens with two attached hydrogens (primary N) is 1. The van der Waals surface area contributed by atoms with Crippen LogP contribution in [0.2, 0.25) is 0 Å². The van der Waals surface area contributed by atoms with E-state index in [1.165, 1.54) is 17.0 Å². The van der Waals surface area contributed by atoms with Gasteiger partial charge in [0.25, 0.3) is 0 Å². The molecule has 0 bridgehead atoms. The van der Waals surface area contributed by atoms with Crippen molar-refractivity contribution in [1.29, 1.82) is 0 Å². The predicted octanol–water partition coefficient (Wildman–Crippen LogP) is -0.170. The Morgan fingerprint density at radius 3 is 2.75 bits per heavy atom. The monoisotopic (exact) mass is 313 g/mol. The van der Waals surface area contributed by atoms with E-state index in [-0.39, 0.29) is 15.8 Å². The molecule has 1 unspecified atom stereocenters. The Labute approximate surface area is 123 Å². The second-order valence-electron chi connectivity index (χ2n) is 4.61. The smallest absolute Gasteiger partial charge is 0.241 e. The van der Waals surface area contributed by atoms with Crippen LogP contribution in [0.4, 0.5) is 0 Å². The zero-order valence-electron chi connectivity index (χ0n) is 10.9. The van der Waals surface area contributed by atoms with Gasteiger partial charge in [-0.25, -0.2) is 8.42 Å². The molecule has 1 fully saturated rings. The summed E-state index contributed by atoms with van der Waals surface area (Å²) in [4.78, 5) is 13.4. The molecule has 8 heteroatoms. The average Bonchev–Trinajstić information content (AvgIpc) is 2.70. The van der Waals surface area contributed by atoms with Crippen LogP contribution in [-0.4, -0.2) is 43.8 Å². The molecule has 20 heavy (non-hydrogen) atoms. The van der Waals surface area contributed by atoms with Crippen molar-refractivity contribution in [2.45, 2.75) is 17.4 Å². The molecular formula is C12H15N3O3S2. The number of carbonyl (C=O) groups is 1. The van der Waals surface area contributed by atoms with Crippen molar-refractivity contribution in [2.75, 3.05) is 13.6 Å². The lowest BCUT2D eigenvalue weighted by Gasteiger charge is -2.13. The minimum atomic E-state index is -3.77. The lowest BCUT2D eigenvalue weighted by Crippen LogP contribution is -2.40. The molecule has 0 aromatic heterocycles. The number of sulfonamides is 1. The number of amides is 1. The fourth-order valence-corrected chi connectivity index (χ4v) is 3.40. The fourth-order valence-electron chi connectivity index (χ4n) is 2.00. The molecule has 1 aromatic carbocycles. The number of thiocarbonyl (C=S) groups is 1. The van der Waals surface area contributed by atoms with E-state index in [0.717, 1.165) is 0 Å². The summed E-state index contributed by atoms with van der Waals surface area (Å²) in [5.74, 6) is -0.223. The molecule has 1 atom stereocenters. The van der Waals surface area contributed by atoms with Crippen molar-refractivity contribution in [1.82, 2.24) is 9.62 Å². The molecule has 2 rings (SSSR count). The number of hydrogen-bond donors (Lipinski definition) is 2. The molecule has 1 aromatic rings. The first-order valence-electron chi connectivity index (χ1n) is 5.98. The highest BCUT2D eigenvalue weighted by atomic mass is 32.2. The van der Waals surface area contributed by atoms with E-state index in [1.807, 2.05) is 0 Å². The summed E-state index contributed by atoms with van der Waals surface area (Å²) in [6.45, 7) is 0.541. The zero-order chi connectivity index (χ0) is 14.9. The minimum Gasteiger partial charge on any atom is -0.389 e. The summed E-state index contributed by atoms with van der Waals surface area (Å²) in [5, 5.41) is 0. The van der Waals surface area contributed by atoms with E-state index in [1.54, 1.807) is 19.2 Å².